The smallest absolute Gasteiger partial charge is 0.0822 e. The Morgan fingerprint density at radius 3 is 2.93 bits per heavy atom. The first-order valence-electron chi connectivity index (χ1n) is 4.84. The Kier molecular flexibility index (Phi) is 4.70. The van der Waals surface area contributed by atoms with E-state index < -0.39 is 0 Å². The third kappa shape index (κ3) is 2.86. The maximum absolute atomic E-state index is 6.04. The molecule has 1 aromatic rings. The summed E-state index contributed by atoms with van der Waals surface area (Å²) >= 11 is 6.04. The highest BCUT2D eigenvalue weighted by Gasteiger charge is 2.06. The second kappa shape index (κ2) is 5.83. The van der Waals surface area contributed by atoms with Gasteiger partial charge in [0.25, 0.3) is 0 Å². The lowest BCUT2D eigenvalue weighted by Crippen LogP contribution is -2.25. The molecule has 0 aliphatic heterocycles. The van der Waals surface area contributed by atoms with Gasteiger partial charge in [-0.25, -0.2) is 0 Å². The number of nitrogens with zero attached hydrogens (tertiary/aromatic N) is 2. The number of pyridine rings is 1. The second-order valence-electron chi connectivity index (χ2n) is 3.05. The van der Waals surface area contributed by atoms with Crippen LogP contribution in [-0.2, 0) is 0 Å². The minimum atomic E-state index is 0.700. The molecule has 0 radical (unpaired) electrons. The van der Waals surface area contributed by atoms with E-state index in [-0.39, 0.29) is 0 Å². The van der Waals surface area contributed by atoms with Gasteiger partial charge in [0, 0.05) is 25.5 Å². The van der Waals surface area contributed by atoms with Gasteiger partial charge >= 0.3 is 0 Å². The first-order chi connectivity index (χ1) is 6.79. The predicted molar refractivity (Wildman–Crippen MR) is 60.8 cm³/mol. The van der Waals surface area contributed by atoms with Crippen LogP contribution in [0, 0.1) is 0 Å². The molecule has 2 N–H and O–H groups in total. The first-order valence-corrected chi connectivity index (χ1v) is 5.22. The van der Waals surface area contributed by atoms with Gasteiger partial charge in [-0.3, -0.25) is 4.98 Å². The average molecular weight is 214 g/mol. The summed E-state index contributed by atoms with van der Waals surface area (Å²) in [7, 11) is 0. The van der Waals surface area contributed by atoms with Crippen LogP contribution in [0.5, 0.6) is 0 Å². The van der Waals surface area contributed by atoms with E-state index in [1.807, 2.05) is 6.07 Å². The molecule has 0 bridgehead atoms. The summed E-state index contributed by atoms with van der Waals surface area (Å²) in [6, 6.07) is 1.93. The fourth-order valence-electron chi connectivity index (χ4n) is 1.36. The van der Waals surface area contributed by atoms with Crippen molar-refractivity contribution in [2.24, 2.45) is 5.73 Å². The van der Waals surface area contributed by atoms with Crippen molar-refractivity contribution in [2.45, 2.75) is 13.3 Å². The van der Waals surface area contributed by atoms with Gasteiger partial charge in [0.2, 0.25) is 0 Å². The number of halogens is 1. The molecule has 14 heavy (non-hydrogen) atoms. The Morgan fingerprint density at radius 2 is 2.36 bits per heavy atom. The van der Waals surface area contributed by atoms with Gasteiger partial charge < -0.3 is 10.6 Å². The Bertz CT molecular complexity index is 278. The highest BCUT2D eigenvalue weighted by Crippen LogP contribution is 2.23. The third-order valence-corrected chi connectivity index (χ3v) is 2.40. The summed E-state index contributed by atoms with van der Waals surface area (Å²) in [6.45, 7) is 4.69. The lowest BCUT2D eigenvalue weighted by atomic mass is 10.3. The van der Waals surface area contributed by atoms with Crippen LogP contribution in [0.4, 0.5) is 5.69 Å². The van der Waals surface area contributed by atoms with Crippen LogP contribution in [0.1, 0.15) is 13.3 Å². The zero-order valence-corrected chi connectivity index (χ0v) is 9.17. The topological polar surface area (TPSA) is 42.1 Å². The zero-order valence-electron chi connectivity index (χ0n) is 8.41. The van der Waals surface area contributed by atoms with Crippen LogP contribution in [-0.4, -0.2) is 24.6 Å². The molecular weight excluding hydrogens is 198 g/mol. The number of hydrogen-bond donors (Lipinski definition) is 1. The molecule has 0 aromatic carbocycles. The molecule has 3 nitrogen and oxygen atoms in total. The van der Waals surface area contributed by atoms with Gasteiger partial charge in [0.15, 0.2) is 0 Å². The van der Waals surface area contributed by atoms with Crippen molar-refractivity contribution in [1.29, 1.82) is 0 Å². The Morgan fingerprint density at radius 1 is 1.57 bits per heavy atom. The maximum atomic E-state index is 6.04. The van der Waals surface area contributed by atoms with E-state index in [1.54, 1.807) is 12.4 Å². The SMILES string of the molecule is CCN(CCCN)c1ccncc1Cl. The average Bonchev–Trinajstić information content (AvgIpc) is 2.21. The van der Waals surface area contributed by atoms with Crippen molar-refractivity contribution in [3.05, 3.63) is 23.5 Å². The summed E-state index contributed by atoms with van der Waals surface area (Å²) in [5.74, 6) is 0. The van der Waals surface area contributed by atoms with E-state index >= 15 is 0 Å². The standard InChI is InChI=1S/C10H16ClN3/c1-2-14(7-3-5-12)10-4-6-13-8-9(10)11/h4,6,8H,2-3,5,7,12H2,1H3. The molecule has 1 heterocycles. The summed E-state index contributed by atoms with van der Waals surface area (Å²) in [5.41, 5.74) is 6.52. The van der Waals surface area contributed by atoms with E-state index in [9.17, 15) is 0 Å². The summed E-state index contributed by atoms with van der Waals surface area (Å²) in [5, 5.41) is 0.700. The maximum Gasteiger partial charge on any atom is 0.0822 e. The molecule has 78 valence electrons. The number of rotatable bonds is 5. The Balaban J connectivity index is 2.73. The molecule has 0 atom stereocenters. The van der Waals surface area contributed by atoms with Crippen LogP contribution in [0.25, 0.3) is 0 Å². The number of anilines is 1. The fraction of sp³-hybridized carbons (Fsp3) is 0.500. The molecule has 0 amide bonds. The predicted octanol–water partition coefficient (Wildman–Crippen LogP) is 1.91. The number of aromatic nitrogens is 1. The molecular formula is C10H16ClN3. The molecule has 0 aliphatic carbocycles. The van der Waals surface area contributed by atoms with Crippen molar-refractivity contribution in [3.63, 3.8) is 0 Å². The Hall–Kier alpha value is -0.800. The lowest BCUT2D eigenvalue weighted by Gasteiger charge is -2.23. The van der Waals surface area contributed by atoms with E-state index in [4.69, 9.17) is 17.3 Å². The molecule has 1 aromatic heterocycles. The van der Waals surface area contributed by atoms with Gasteiger partial charge in [-0.2, -0.15) is 0 Å². The lowest BCUT2D eigenvalue weighted by molar-refractivity contribution is 0.754. The summed E-state index contributed by atoms with van der Waals surface area (Å²) < 4.78 is 0. The van der Waals surface area contributed by atoms with Crippen LogP contribution >= 0.6 is 11.6 Å². The van der Waals surface area contributed by atoms with Crippen LogP contribution < -0.4 is 10.6 Å². The van der Waals surface area contributed by atoms with Crippen molar-refractivity contribution < 1.29 is 0 Å². The monoisotopic (exact) mass is 213 g/mol. The van der Waals surface area contributed by atoms with Crippen LogP contribution in [0.3, 0.4) is 0 Å². The van der Waals surface area contributed by atoms with Crippen molar-refractivity contribution in [2.75, 3.05) is 24.5 Å². The molecule has 0 fully saturated rings. The highest BCUT2D eigenvalue weighted by atomic mass is 35.5. The molecule has 1 rings (SSSR count). The van der Waals surface area contributed by atoms with Crippen LogP contribution in [0.2, 0.25) is 5.02 Å². The number of hydrogen-bond acceptors (Lipinski definition) is 3. The minimum absolute atomic E-state index is 0.700. The molecule has 0 spiro atoms. The normalized spacial score (nSPS) is 10.2. The van der Waals surface area contributed by atoms with E-state index in [0.29, 0.717) is 11.6 Å². The second-order valence-corrected chi connectivity index (χ2v) is 3.46. The van der Waals surface area contributed by atoms with Gasteiger partial charge in [-0.1, -0.05) is 11.6 Å². The highest BCUT2D eigenvalue weighted by molar-refractivity contribution is 6.33. The van der Waals surface area contributed by atoms with Crippen molar-refractivity contribution >= 4 is 17.3 Å². The third-order valence-electron chi connectivity index (χ3n) is 2.11. The Labute approximate surface area is 89.9 Å². The fourth-order valence-corrected chi connectivity index (χ4v) is 1.59. The van der Waals surface area contributed by atoms with E-state index in [0.717, 1.165) is 25.2 Å². The largest absolute Gasteiger partial charge is 0.370 e. The first kappa shape index (κ1) is 11.3. The van der Waals surface area contributed by atoms with Gasteiger partial charge in [-0.15, -0.1) is 0 Å². The zero-order chi connectivity index (χ0) is 10.4. The minimum Gasteiger partial charge on any atom is -0.370 e. The van der Waals surface area contributed by atoms with Gasteiger partial charge in [0.05, 0.1) is 10.7 Å². The van der Waals surface area contributed by atoms with Crippen LogP contribution in [0.15, 0.2) is 18.5 Å². The van der Waals surface area contributed by atoms with Gasteiger partial charge in [0.1, 0.15) is 0 Å². The molecule has 4 heteroatoms. The van der Waals surface area contributed by atoms with Gasteiger partial charge in [-0.05, 0) is 26.0 Å². The molecule has 0 saturated carbocycles. The molecule has 0 saturated heterocycles. The summed E-state index contributed by atoms with van der Waals surface area (Å²) in [6.07, 6.45) is 4.40. The molecule has 0 unspecified atom stereocenters. The summed E-state index contributed by atoms with van der Waals surface area (Å²) in [4.78, 5) is 6.16. The quantitative estimate of drug-likeness (QED) is 0.813. The van der Waals surface area contributed by atoms with Crippen molar-refractivity contribution in [1.82, 2.24) is 4.98 Å². The van der Waals surface area contributed by atoms with Crippen molar-refractivity contribution in [3.8, 4) is 0 Å². The molecule has 0 aliphatic rings. The van der Waals surface area contributed by atoms with E-state index in [2.05, 4.69) is 16.8 Å². The van der Waals surface area contributed by atoms with E-state index in [1.165, 1.54) is 0 Å². The number of nitrogens with two attached hydrogens (primary N) is 1.